The highest BCUT2D eigenvalue weighted by molar-refractivity contribution is 9.10. The van der Waals surface area contributed by atoms with Crippen LogP contribution in [0.1, 0.15) is 17.5 Å². The van der Waals surface area contributed by atoms with Crippen LogP contribution < -0.4 is 10.1 Å². The Morgan fingerprint density at radius 2 is 2.22 bits per heavy atom. The highest BCUT2D eigenvalue weighted by atomic mass is 79.9. The number of nitrogens with zero attached hydrogens (tertiary/aromatic N) is 2. The fourth-order valence-electron chi connectivity index (χ4n) is 2.41. The molecule has 122 valence electrons. The molecule has 0 radical (unpaired) electrons. The summed E-state index contributed by atoms with van der Waals surface area (Å²) in [6.45, 7) is 5.14. The van der Waals surface area contributed by atoms with Crippen LogP contribution in [0.3, 0.4) is 0 Å². The number of fused-ring (bicyclic) bond motifs is 1. The van der Waals surface area contributed by atoms with Gasteiger partial charge in [0.25, 0.3) is 5.91 Å². The van der Waals surface area contributed by atoms with E-state index in [-0.39, 0.29) is 12.5 Å². The summed E-state index contributed by atoms with van der Waals surface area (Å²) in [6.07, 6.45) is 0.949. The number of amides is 1. The molecule has 23 heavy (non-hydrogen) atoms. The standard InChI is InChI=1S/C16H18BrN3O2S/c1-2-20-8-7-13-14(9-20)23-16(18-13)19-15(21)10-22-12-5-3-11(17)4-6-12/h3-6H,2,7-10H2,1H3,(H,18,19,21). The summed E-state index contributed by atoms with van der Waals surface area (Å²) >= 11 is 4.92. The number of halogens is 1. The molecule has 1 amide bonds. The highest BCUT2D eigenvalue weighted by Gasteiger charge is 2.20. The summed E-state index contributed by atoms with van der Waals surface area (Å²) in [5, 5.41) is 3.49. The topological polar surface area (TPSA) is 54.5 Å². The van der Waals surface area contributed by atoms with Crippen LogP contribution in [0.25, 0.3) is 0 Å². The first-order valence-corrected chi connectivity index (χ1v) is 9.14. The number of thiazole rings is 1. The lowest BCUT2D eigenvalue weighted by molar-refractivity contribution is -0.118. The Morgan fingerprint density at radius 3 is 2.96 bits per heavy atom. The van der Waals surface area contributed by atoms with E-state index in [0.717, 1.165) is 36.2 Å². The van der Waals surface area contributed by atoms with Gasteiger partial charge in [0.05, 0.1) is 5.69 Å². The van der Waals surface area contributed by atoms with E-state index in [4.69, 9.17) is 4.74 Å². The van der Waals surface area contributed by atoms with Crippen molar-refractivity contribution in [3.8, 4) is 5.75 Å². The number of benzene rings is 1. The molecular formula is C16H18BrN3O2S. The summed E-state index contributed by atoms with van der Waals surface area (Å²) in [5.41, 5.74) is 1.11. The van der Waals surface area contributed by atoms with Gasteiger partial charge in [-0.1, -0.05) is 22.9 Å². The van der Waals surface area contributed by atoms with E-state index < -0.39 is 0 Å². The molecule has 0 atom stereocenters. The first kappa shape index (κ1) is 16.4. The van der Waals surface area contributed by atoms with Gasteiger partial charge in [0.2, 0.25) is 0 Å². The molecule has 0 fully saturated rings. The summed E-state index contributed by atoms with van der Waals surface area (Å²) in [6, 6.07) is 7.39. The Morgan fingerprint density at radius 1 is 1.43 bits per heavy atom. The average Bonchev–Trinajstić information content (AvgIpc) is 2.95. The Bertz CT molecular complexity index is 687. The molecule has 0 saturated heterocycles. The van der Waals surface area contributed by atoms with Gasteiger partial charge in [-0.05, 0) is 30.8 Å². The number of carbonyl (C=O) groups excluding carboxylic acids is 1. The lowest BCUT2D eigenvalue weighted by Crippen LogP contribution is -2.29. The van der Waals surface area contributed by atoms with Gasteiger partial charge >= 0.3 is 0 Å². The van der Waals surface area contributed by atoms with Crippen molar-refractivity contribution in [3.05, 3.63) is 39.3 Å². The molecule has 5 nitrogen and oxygen atoms in total. The summed E-state index contributed by atoms with van der Waals surface area (Å²) < 4.78 is 6.44. The van der Waals surface area contributed by atoms with Crippen molar-refractivity contribution in [1.29, 1.82) is 0 Å². The van der Waals surface area contributed by atoms with Gasteiger partial charge in [0, 0.05) is 28.9 Å². The molecular weight excluding hydrogens is 378 g/mol. The van der Waals surface area contributed by atoms with Gasteiger partial charge in [-0.2, -0.15) is 0 Å². The number of rotatable bonds is 5. The zero-order valence-corrected chi connectivity index (χ0v) is 15.2. The quantitative estimate of drug-likeness (QED) is 0.843. The van der Waals surface area contributed by atoms with Crippen LogP contribution in [-0.2, 0) is 17.8 Å². The predicted molar refractivity (Wildman–Crippen MR) is 95.0 cm³/mol. The first-order chi connectivity index (χ1) is 11.1. The minimum atomic E-state index is -0.189. The minimum Gasteiger partial charge on any atom is -0.484 e. The largest absolute Gasteiger partial charge is 0.484 e. The molecule has 0 aliphatic carbocycles. The molecule has 2 aromatic rings. The van der Waals surface area contributed by atoms with E-state index in [1.165, 1.54) is 4.88 Å². The first-order valence-electron chi connectivity index (χ1n) is 7.53. The number of aromatic nitrogens is 1. The molecule has 1 N–H and O–H groups in total. The van der Waals surface area contributed by atoms with Crippen molar-refractivity contribution in [3.63, 3.8) is 0 Å². The summed E-state index contributed by atoms with van der Waals surface area (Å²) in [7, 11) is 0. The van der Waals surface area contributed by atoms with Crippen LogP contribution in [0.15, 0.2) is 28.7 Å². The fourth-order valence-corrected chi connectivity index (χ4v) is 3.74. The maximum atomic E-state index is 12.0. The molecule has 0 bridgehead atoms. The normalized spacial score (nSPS) is 14.3. The number of nitrogens with one attached hydrogen (secondary N) is 1. The Kier molecular flexibility index (Phi) is 5.30. The van der Waals surface area contributed by atoms with Crippen molar-refractivity contribution in [2.45, 2.75) is 19.9 Å². The lowest BCUT2D eigenvalue weighted by Gasteiger charge is -2.23. The Labute approximate surface area is 147 Å². The second kappa shape index (κ2) is 7.42. The van der Waals surface area contributed by atoms with E-state index >= 15 is 0 Å². The van der Waals surface area contributed by atoms with Gasteiger partial charge < -0.3 is 4.74 Å². The van der Waals surface area contributed by atoms with Crippen LogP contribution in [0.4, 0.5) is 5.13 Å². The van der Waals surface area contributed by atoms with Crippen molar-refractivity contribution < 1.29 is 9.53 Å². The van der Waals surface area contributed by atoms with Crippen LogP contribution in [0, 0.1) is 0 Å². The zero-order chi connectivity index (χ0) is 16.2. The van der Waals surface area contributed by atoms with Crippen molar-refractivity contribution >= 4 is 38.3 Å². The van der Waals surface area contributed by atoms with Crippen molar-refractivity contribution in [2.75, 3.05) is 25.0 Å². The molecule has 1 aromatic carbocycles. The molecule has 2 heterocycles. The van der Waals surface area contributed by atoms with E-state index in [1.54, 1.807) is 11.3 Å². The maximum absolute atomic E-state index is 12.0. The third kappa shape index (κ3) is 4.31. The lowest BCUT2D eigenvalue weighted by atomic mass is 10.2. The van der Waals surface area contributed by atoms with Gasteiger partial charge in [0.15, 0.2) is 11.7 Å². The van der Waals surface area contributed by atoms with Crippen molar-refractivity contribution in [1.82, 2.24) is 9.88 Å². The number of likely N-dealkylation sites (N-methyl/N-ethyl adjacent to an activating group) is 1. The maximum Gasteiger partial charge on any atom is 0.264 e. The summed E-state index contributed by atoms with van der Waals surface area (Å²) in [4.78, 5) is 20.2. The Hall–Kier alpha value is -1.44. The summed E-state index contributed by atoms with van der Waals surface area (Å²) in [5.74, 6) is 0.478. The van der Waals surface area contributed by atoms with Crippen molar-refractivity contribution in [2.24, 2.45) is 0 Å². The van der Waals surface area contributed by atoms with Crippen LogP contribution in [0.5, 0.6) is 5.75 Å². The second-order valence-electron chi connectivity index (χ2n) is 5.30. The molecule has 1 aliphatic heterocycles. The van der Waals surface area contributed by atoms with Gasteiger partial charge in [-0.3, -0.25) is 15.0 Å². The smallest absolute Gasteiger partial charge is 0.264 e. The Balaban J connectivity index is 1.54. The zero-order valence-electron chi connectivity index (χ0n) is 12.8. The van der Waals surface area contributed by atoms with E-state index in [1.807, 2.05) is 24.3 Å². The molecule has 1 aromatic heterocycles. The average molecular weight is 396 g/mol. The van der Waals surface area contributed by atoms with E-state index in [0.29, 0.717) is 10.9 Å². The molecule has 7 heteroatoms. The van der Waals surface area contributed by atoms with Crippen LogP contribution in [-0.4, -0.2) is 35.5 Å². The molecule has 3 rings (SSSR count). The number of hydrogen-bond donors (Lipinski definition) is 1. The number of hydrogen-bond acceptors (Lipinski definition) is 5. The molecule has 0 saturated carbocycles. The number of carbonyl (C=O) groups is 1. The van der Waals surface area contributed by atoms with Crippen LogP contribution >= 0.6 is 27.3 Å². The van der Waals surface area contributed by atoms with E-state index in [2.05, 4.69) is 38.1 Å². The van der Waals surface area contributed by atoms with Crippen LogP contribution in [0.2, 0.25) is 0 Å². The monoisotopic (exact) mass is 395 g/mol. The third-order valence-corrected chi connectivity index (χ3v) is 5.21. The molecule has 0 unspecified atom stereocenters. The van der Waals surface area contributed by atoms with Gasteiger partial charge in [-0.25, -0.2) is 4.98 Å². The van der Waals surface area contributed by atoms with Gasteiger partial charge in [0.1, 0.15) is 5.75 Å². The predicted octanol–water partition coefficient (Wildman–Crippen LogP) is 3.30. The minimum absolute atomic E-state index is 0.0209. The highest BCUT2D eigenvalue weighted by Crippen LogP contribution is 2.28. The SMILES string of the molecule is CCN1CCc2nc(NC(=O)COc3ccc(Br)cc3)sc2C1. The van der Waals surface area contributed by atoms with Gasteiger partial charge in [-0.15, -0.1) is 11.3 Å². The van der Waals surface area contributed by atoms with E-state index in [9.17, 15) is 4.79 Å². The molecule has 0 spiro atoms. The third-order valence-electron chi connectivity index (χ3n) is 3.69. The number of anilines is 1. The number of ether oxygens (including phenoxy) is 1. The fraction of sp³-hybridized carbons (Fsp3) is 0.375. The molecule has 1 aliphatic rings. The second-order valence-corrected chi connectivity index (χ2v) is 7.30.